The zero-order valence-electron chi connectivity index (χ0n) is 18.0. The lowest BCUT2D eigenvalue weighted by Crippen LogP contribution is -2.49. The van der Waals surface area contributed by atoms with Gasteiger partial charge < -0.3 is 15.1 Å². The topological polar surface area (TPSA) is 65.5 Å². The zero-order valence-corrected chi connectivity index (χ0v) is 19.5. The van der Waals surface area contributed by atoms with Gasteiger partial charge in [-0.05, 0) is 29.8 Å². The molecule has 1 N–H and O–H groups in total. The first kappa shape index (κ1) is 23.1. The van der Waals surface area contributed by atoms with Crippen molar-refractivity contribution in [2.75, 3.05) is 31.1 Å². The van der Waals surface area contributed by atoms with E-state index in [1.807, 2.05) is 47.4 Å². The Kier molecular flexibility index (Phi) is 7.47. The number of anilines is 1. The van der Waals surface area contributed by atoms with Crippen LogP contribution in [0.4, 0.5) is 5.82 Å². The van der Waals surface area contributed by atoms with Gasteiger partial charge in [0.2, 0.25) is 5.91 Å². The van der Waals surface area contributed by atoms with Crippen LogP contribution in [0.25, 0.3) is 0 Å². The van der Waals surface area contributed by atoms with E-state index in [0.717, 1.165) is 11.4 Å². The molecule has 1 fully saturated rings. The summed E-state index contributed by atoms with van der Waals surface area (Å²) in [4.78, 5) is 34.4. The third-order valence-electron chi connectivity index (χ3n) is 5.67. The number of hydrogen-bond acceptors (Lipinski definition) is 4. The highest BCUT2D eigenvalue weighted by Gasteiger charge is 2.26. The fourth-order valence-electron chi connectivity index (χ4n) is 3.86. The maximum atomic E-state index is 13.2. The Labute approximate surface area is 203 Å². The number of aromatic nitrogens is 1. The molecule has 0 bridgehead atoms. The SMILES string of the molecule is O=C(NC(CC(=O)N1CCN(c2ccc(Cl)cn2)CC1)c1ccccc1)c1ccccc1Cl. The summed E-state index contributed by atoms with van der Waals surface area (Å²) in [5.74, 6) is 0.536. The number of carbonyl (C=O) groups is 2. The Hall–Kier alpha value is -3.09. The van der Waals surface area contributed by atoms with Gasteiger partial charge in [0.05, 0.1) is 28.1 Å². The van der Waals surface area contributed by atoms with Crippen molar-refractivity contribution in [2.24, 2.45) is 0 Å². The highest BCUT2D eigenvalue weighted by atomic mass is 35.5. The fourth-order valence-corrected chi connectivity index (χ4v) is 4.20. The summed E-state index contributed by atoms with van der Waals surface area (Å²) >= 11 is 12.1. The molecule has 3 aromatic rings. The molecule has 6 nitrogen and oxygen atoms in total. The summed E-state index contributed by atoms with van der Waals surface area (Å²) in [5, 5.41) is 3.97. The van der Waals surface area contributed by atoms with Crippen molar-refractivity contribution in [3.05, 3.63) is 94.1 Å². The van der Waals surface area contributed by atoms with Gasteiger partial charge in [-0.15, -0.1) is 0 Å². The molecule has 8 heteroatoms. The second kappa shape index (κ2) is 10.7. The average molecular weight is 483 g/mol. The Morgan fingerprint density at radius 2 is 1.61 bits per heavy atom. The van der Waals surface area contributed by atoms with E-state index < -0.39 is 6.04 Å². The molecular formula is C25H24Cl2N4O2. The lowest BCUT2D eigenvalue weighted by Gasteiger charge is -2.36. The normalized spacial score (nSPS) is 14.6. The van der Waals surface area contributed by atoms with E-state index >= 15 is 0 Å². The van der Waals surface area contributed by atoms with Crippen molar-refractivity contribution in [3.8, 4) is 0 Å². The molecule has 1 aliphatic rings. The highest BCUT2D eigenvalue weighted by Crippen LogP contribution is 2.22. The van der Waals surface area contributed by atoms with Crippen molar-refractivity contribution < 1.29 is 9.59 Å². The molecule has 1 saturated heterocycles. The zero-order chi connectivity index (χ0) is 23.2. The van der Waals surface area contributed by atoms with Crippen LogP contribution in [0.2, 0.25) is 10.0 Å². The van der Waals surface area contributed by atoms with Gasteiger partial charge in [-0.1, -0.05) is 65.7 Å². The Morgan fingerprint density at radius 3 is 2.27 bits per heavy atom. The number of hydrogen-bond donors (Lipinski definition) is 1. The summed E-state index contributed by atoms with van der Waals surface area (Å²) < 4.78 is 0. The van der Waals surface area contributed by atoms with Gasteiger partial charge in [-0.3, -0.25) is 9.59 Å². The first-order chi connectivity index (χ1) is 16.0. The van der Waals surface area contributed by atoms with Crippen LogP contribution in [-0.2, 0) is 4.79 Å². The molecule has 2 heterocycles. The van der Waals surface area contributed by atoms with E-state index in [-0.39, 0.29) is 18.2 Å². The van der Waals surface area contributed by atoms with Crippen molar-refractivity contribution in [3.63, 3.8) is 0 Å². The predicted molar refractivity (Wildman–Crippen MR) is 131 cm³/mol. The number of carbonyl (C=O) groups excluding carboxylic acids is 2. The van der Waals surface area contributed by atoms with Crippen LogP contribution < -0.4 is 10.2 Å². The van der Waals surface area contributed by atoms with E-state index in [1.165, 1.54) is 0 Å². The van der Waals surface area contributed by atoms with Crippen LogP contribution in [0.5, 0.6) is 0 Å². The van der Waals surface area contributed by atoms with Crippen molar-refractivity contribution in [2.45, 2.75) is 12.5 Å². The third-order valence-corrected chi connectivity index (χ3v) is 6.23. The van der Waals surface area contributed by atoms with Gasteiger partial charge in [-0.25, -0.2) is 4.98 Å². The summed E-state index contributed by atoms with van der Waals surface area (Å²) in [7, 11) is 0. The smallest absolute Gasteiger partial charge is 0.253 e. The number of pyridine rings is 1. The largest absolute Gasteiger partial charge is 0.353 e. The van der Waals surface area contributed by atoms with Gasteiger partial charge in [0.1, 0.15) is 5.82 Å². The van der Waals surface area contributed by atoms with E-state index in [9.17, 15) is 9.59 Å². The molecule has 0 aliphatic carbocycles. The fraction of sp³-hybridized carbons (Fsp3) is 0.240. The molecule has 2 amide bonds. The molecule has 1 aromatic heterocycles. The maximum Gasteiger partial charge on any atom is 0.253 e. The van der Waals surface area contributed by atoms with Crippen molar-refractivity contribution in [1.29, 1.82) is 0 Å². The molecule has 4 rings (SSSR count). The van der Waals surface area contributed by atoms with Crippen molar-refractivity contribution in [1.82, 2.24) is 15.2 Å². The molecule has 0 spiro atoms. The van der Waals surface area contributed by atoms with Gasteiger partial charge >= 0.3 is 0 Å². The van der Waals surface area contributed by atoms with Gasteiger partial charge in [0.15, 0.2) is 0 Å². The summed E-state index contributed by atoms with van der Waals surface area (Å²) in [6.07, 6.45) is 1.79. The van der Waals surface area contributed by atoms with Crippen LogP contribution in [0, 0.1) is 0 Å². The van der Waals surface area contributed by atoms with Crippen LogP contribution in [0.15, 0.2) is 72.9 Å². The minimum atomic E-state index is -0.460. The van der Waals surface area contributed by atoms with Crippen LogP contribution in [0.1, 0.15) is 28.4 Å². The summed E-state index contributed by atoms with van der Waals surface area (Å²) in [6, 6.07) is 19.6. The lowest BCUT2D eigenvalue weighted by atomic mass is 10.0. The Bertz CT molecular complexity index is 1100. The number of rotatable bonds is 6. The third kappa shape index (κ3) is 5.83. The second-order valence-corrected chi connectivity index (χ2v) is 8.67. The van der Waals surface area contributed by atoms with Gasteiger partial charge in [-0.2, -0.15) is 0 Å². The van der Waals surface area contributed by atoms with Crippen molar-refractivity contribution >= 4 is 40.8 Å². The number of piperazine rings is 1. The number of benzene rings is 2. The van der Waals surface area contributed by atoms with Crippen LogP contribution in [-0.4, -0.2) is 47.9 Å². The molecular weight excluding hydrogens is 459 g/mol. The Balaban J connectivity index is 1.42. The molecule has 1 aliphatic heterocycles. The molecule has 2 aromatic carbocycles. The number of nitrogens with one attached hydrogen (secondary N) is 1. The van der Waals surface area contributed by atoms with E-state index in [4.69, 9.17) is 23.2 Å². The van der Waals surface area contributed by atoms with E-state index in [2.05, 4.69) is 15.2 Å². The number of amides is 2. The quantitative estimate of drug-likeness (QED) is 0.557. The second-order valence-electron chi connectivity index (χ2n) is 7.82. The summed E-state index contributed by atoms with van der Waals surface area (Å²) in [5.41, 5.74) is 1.26. The standard InChI is InChI=1S/C25H24Cl2N4O2/c26-19-10-11-23(28-17-19)30-12-14-31(15-13-30)24(32)16-22(18-6-2-1-3-7-18)29-25(33)20-8-4-5-9-21(20)27/h1-11,17,22H,12-16H2,(H,29,33). The molecule has 33 heavy (non-hydrogen) atoms. The number of nitrogens with zero attached hydrogens (tertiary/aromatic N) is 3. The molecule has 1 atom stereocenters. The minimum Gasteiger partial charge on any atom is -0.353 e. The molecule has 0 saturated carbocycles. The highest BCUT2D eigenvalue weighted by molar-refractivity contribution is 6.33. The summed E-state index contributed by atoms with van der Waals surface area (Å²) in [6.45, 7) is 2.54. The molecule has 1 unspecified atom stereocenters. The average Bonchev–Trinajstić information content (AvgIpc) is 2.85. The minimum absolute atomic E-state index is 0.00738. The van der Waals surface area contributed by atoms with Gasteiger partial charge in [0.25, 0.3) is 5.91 Å². The first-order valence-electron chi connectivity index (χ1n) is 10.8. The predicted octanol–water partition coefficient (Wildman–Crippen LogP) is 4.60. The van der Waals surface area contributed by atoms with E-state index in [1.54, 1.807) is 30.5 Å². The maximum absolute atomic E-state index is 13.2. The molecule has 170 valence electrons. The van der Waals surface area contributed by atoms with E-state index in [0.29, 0.717) is 41.8 Å². The van der Waals surface area contributed by atoms with Crippen LogP contribution in [0.3, 0.4) is 0 Å². The van der Waals surface area contributed by atoms with Gasteiger partial charge in [0, 0.05) is 32.4 Å². The Morgan fingerprint density at radius 1 is 0.909 bits per heavy atom. The monoisotopic (exact) mass is 482 g/mol. The lowest BCUT2D eigenvalue weighted by molar-refractivity contribution is -0.132. The molecule has 0 radical (unpaired) electrons. The first-order valence-corrected chi connectivity index (χ1v) is 11.5. The number of halogens is 2. The van der Waals surface area contributed by atoms with Crippen LogP contribution >= 0.6 is 23.2 Å².